The minimum atomic E-state index is -1.40. The number of ether oxygens (including phenoxy) is 1. The first-order valence-electron chi connectivity index (χ1n) is 39.5. The van der Waals surface area contributed by atoms with Crippen LogP contribution in [0.2, 0.25) is 0 Å². The van der Waals surface area contributed by atoms with E-state index in [-0.39, 0.29) is 6.03 Å². The molecular weight excluding hydrogens is 1780 g/mol. The first-order valence-corrected chi connectivity index (χ1v) is 41.7. The Balaban J connectivity index is 0.000000135. The number of amides is 3. The number of nitrogens with two attached hydrogens (primary N) is 3. The Labute approximate surface area is 745 Å². The highest BCUT2D eigenvalue weighted by atomic mass is 127. The van der Waals surface area contributed by atoms with Crippen LogP contribution in [-0.4, -0.2) is 98.8 Å². The Hall–Kier alpha value is -13.9. The molecule has 8 aromatic heterocycles. The first-order chi connectivity index (χ1) is 59.8. The predicted molar refractivity (Wildman–Crippen MR) is 519 cm³/mol. The van der Waals surface area contributed by atoms with Crippen molar-refractivity contribution in [2.75, 3.05) is 22.1 Å². The number of nitrogens with zero attached hydrogens (tertiary/aromatic N) is 12. The van der Waals surface area contributed by atoms with Crippen LogP contribution in [0.25, 0.3) is 99.2 Å². The highest BCUT2D eigenvalue weighted by molar-refractivity contribution is 14.1. The summed E-state index contributed by atoms with van der Waals surface area (Å²) in [5, 5.41) is 64.9. The highest BCUT2D eigenvalue weighted by Gasteiger charge is 2.16. The van der Waals surface area contributed by atoms with Crippen molar-refractivity contribution in [3.63, 3.8) is 0 Å². The number of nitrogens with one attached hydrogen (secondary N) is 5. The summed E-state index contributed by atoms with van der Waals surface area (Å²) in [7, 11) is 6.45. The van der Waals surface area contributed by atoms with Crippen LogP contribution in [0.1, 0.15) is 44.5 Å². The molecule has 0 radical (unpaired) electrons. The van der Waals surface area contributed by atoms with Gasteiger partial charge < -0.3 is 42.6 Å². The molecule has 0 saturated heterocycles. The van der Waals surface area contributed by atoms with Crippen LogP contribution in [0.15, 0.2) is 292 Å². The molecule has 19 rings (SSSR count). The van der Waals surface area contributed by atoms with Crippen molar-refractivity contribution in [2.45, 2.75) is 54.6 Å². The van der Waals surface area contributed by atoms with Crippen molar-refractivity contribution in [1.29, 1.82) is 0 Å². The van der Waals surface area contributed by atoms with Gasteiger partial charge >= 0.3 is 19.2 Å². The number of carbonyl (C=O) groups excluding carboxylic acids is 2. The van der Waals surface area contributed by atoms with Crippen molar-refractivity contribution in [1.82, 2.24) is 74.8 Å². The number of pyridine rings is 2. The van der Waals surface area contributed by atoms with E-state index < -0.39 is 13.2 Å². The van der Waals surface area contributed by atoms with Crippen LogP contribution in [0, 0.1) is 48.9 Å². The van der Waals surface area contributed by atoms with Crippen LogP contribution in [0.5, 0.6) is 5.75 Å². The second kappa shape index (κ2) is 42.5. The number of hydrogen-bond acceptors (Lipinski definition) is 16. The minimum absolute atomic E-state index is 0.247. The van der Waals surface area contributed by atoms with E-state index in [1.807, 2.05) is 168 Å². The number of H-pyrrole nitrogens is 2. The topological polar surface area (TPSA) is 352 Å². The summed E-state index contributed by atoms with van der Waals surface area (Å²) in [4.78, 5) is 31.9. The molecule has 28 heteroatoms. The number of para-hydroxylation sites is 1. The van der Waals surface area contributed by atoms with Gasteiger partial charge in [0.2, 0.25) is 0 Å². The Morgan fingerprint density at radius 2 is 0.863 bits per heavy atom. The molecule has 0 bridgehead atoms. The molecule has 626 valence electrons. The molecule has 25 nitrogen and oxygen atoms in total. The number of aryl methyl sites for hydroxylation is 10. The van der Waals surface area contributed by atoms with Gasteiger partial charge in [-0.2, -0.15) is 30.6 Å². The van der Waals surface area contributed by atoms with Gasteiger partial charge in [-0.05, 0) is 270 Å². The molecule has 3 amide bonds. The number of halogens is 2. The highest BCUT2D eigenvalue weighted by Crippen LogP contribution is 2.33. The Morgan fingerprint density at radius 1 is 0.452 bits per heavy atom. The number of rotatable bonds is 10. The van der Waals surface area contributed by atoms with E-state index >= 15 is 0 Å². The molecule has 0 atom stereocenters. The van der Waals surface area contributed by atoms with Gasteiger partial charge in [-0.3, -0.25) is 44.2 Å². The van der Waals surface area contributed by atoms with E-state index in [0.717, 1.165) is 102 Å². The van der Waals surface area contributed by atoms with Crippen molar-refractivity contribution >= 4 is 158 Å². The number of fused-ring (bicyclic) bond motifs is 6. The Morgan fingerprint density at radius 3 is 1.34 bits per heavy atom. The Kier molecular flexibility index (Phi) is 30.7. The molecule has 0 fully saturated rings. The molecule has 8 heterocycles. The van der Waals surface area contributed by atoms with Crippen molar-refractivity contribution in [3.05, 3.63) is 344 Å². The third-order valence-electron chi connectivity index (χ3n) is 19.6. The number of anilines is 4. The fraction of sp³-hybridized carbons (Fsp3) is 0.125. The monoisotopic (exact) mass is 1870 g/mol. The van der Waals surface area contributed by atoms with Crippen LogP contribution in [0.3, 0.4) is 0 Å². The number of urea groups is 1. The second-order valence-electron chi connectivity index (χ2n) is 29.3. The third kappa shape index (κ3) is 24.2. The molecule has 11 aromatic carbocycles. The van der Waals surface area contributed by atoms with E-state index in [9.17, 15) is 9.59 Å². The summed E-state index contributed by atoms with van der Waals surface area (Å²) in [5.74, 6) is 0.502. The molecule has 0 aliphatic heterocycles. The van der Waals surface area contributed by atoms with Gasteiger partial charge in [-0.1, -0.05) is 127 Å². The fourth-order valence-corrected chi connectivity index (χ4v) is 14.4. The van der Waals surface area contributed by atoms with Crippen LogP contribution in [0.4, 0.5) is 32.3 Å². The molecule has 124 heavy (non-hydrogen) atoms. The predicted octanol–water partition coefficient (Wildman–Crippen LogP) is 18.9. The summed E-state index contributed by atoms with van der Waals surface area (Å²) >= 11 is 4.51. The number of hydrogen-bond donors (Lipinski definition) is 10. The van der Waals surface area contributed by atoms with Crippen molar-refractivity contribution < 1.29 is 24.4 Å². The lowest BCUT2D eigenvalue weighted by atomic mass is 9.80. The van der Waals surface area contributed by atoms with E-state index in [1.165, 1.54) is 60.4 Å². The maximum Gasteiger partial charge on any atom is 0.488 e. The second-order valence-corrected chi connectivity index (χ2v) is 31.4. The minimum Gasteiger partial charge on any atom is -0.423 e. The summed E-state index contributed by atoms with van der Waals surface area (Å²) < 4.78 is 15.1. The van der Waals surface area contributed by atoms with Crippen LogP contribution >= 0.6 is 45.2 Å². The SMILES string of the molecule is Cc1ccc2c(-c3ccc(N)cc3)nn(C)c2c1.Cc1ccc2c(-c3ccc(NC(=O)NCc4ccncc4)cc3)nn(C)c2c1.Cc1ccc2c(-c3ccc(NC(=O)Oc4ccccc4)cc3)nn(C)c2c1.Cc1ccc2c(I)[nH]nc2c1.Cc1ccc2c(I)nn(C)c2c1.Cc1ccc2cn[nH]c2c1.NCc1ccncc1.Nc1ccc(B(O)O)cc1. The molecule has 0 unspecified atom stereocenters. The third-order valence-corrected chi connectivity index (χ3v) is 21.2. The number of aromatic nitrogens is 14. The van der Waals surface area contributed by atoms with E-state index in [2.05, 4.69) is 263 Å². The maximum absolute atomic E-state index is 12.1. The van der Waals surface area contributed by atoms with Crippen molar-refractivity contribution in [3.8, 4) is 39.5 Å². The number of benzene rings is 11. The number of carbonyl (C=O) groups is 2. The number of aromatic amines is 2. The normalized spacial score (nSPS) is 10.6. The molecule has 0 spiro atoms. The van der Waals surface area contributed by atoms with Crippen molar-refractivity contribution in [2.24, 2.45) is 33.9 Å². The molecule has 13 N–H and O–H groups in total. The lowest BCUT2D eigenvalue weighted by Crippen LogP contribution is -2.29. The fourth-order valence-electron chi connectivity index (χ4n) is 13.1. The van der Waals surface area contributed by atoms with Gasteiger partial charge in [0, 0.05) is 138 Å². The summed E-state index contributed by atoms with van der Waals surface area (Å²) in [5.41, 5.74) is 41.9. The van der Waals surface area contributed by atoms with Crippen LogP contribution < -0.4 is 43.4 Å². The summed E-state index contributed by atoms with van der Waals surface area (Å²) in [6.45, 7) is 13.5. The van der Waals surface area contributed by atoms with Gasteiger partial charge in [0.15, 0.2) is 0 Å². The lowest BCUT2D eigenvalue weighted by Gasteiger charge is -2.08. The van der Waals surface area contributed by atoms with E-state index in [0.29, 0.717) is 35.7 Å². The van der Waals surface area contributed by atoms with Gasteiger partial charge in [0.05, 0.1) is 39.3 Å². The van der Waals surface area contributed by atoms with Crippen LogP contribution in [-0.2, 0) is 41.3 Å². The van der Waals surface area contributed by atoms with Gasteiger partial charge in [0.25, 0.3) is 0 Å². The first kappa shape index (κ1) is 89.3. The molecule has 19 aromatic rings. The molecule has 0 aliphatic carbocycles. The molecule has 0 aliphatic rings. The van der Waals surface area contributed by atoms with E-state index in [4.69, 9.17) is 32.0 Å². The Bertz CT molecular complexity index is 6760. The zero-order valence-corrected chi connectivity index (χ0v) is 74.5. The standard InChI is InChI=1S/C22H21N5O.C22H19N3O2.C15H15N3.C9H9IN2.C8H7IN2.C8H8N2.C6H8BNO2.C6H8N2/c1-15-3-8-19-20(13-15)27(2)26-21(19)17-4-6-18(7-5-17)25-22(28)24-14-16-9-11-23-12-10-16;1-15-8-13-19-20(14-15)25(2)24-21(19)16-9-11-17(12-10-16)23-22(26)27-18-6-4-3-5-7-18;1-10-3-8-13-14(9-10)18(2)17-15(13)11-4-6-12(16)7-5-11;1-6-3-4-7-8(5-6)12(2)11-9(7)10;1-5-2-3-6-7(4-5)10-11-8(6)9;1-6-2-3-7-5-9-10-8(7)4-6;8-6-3-1-5(2-4-6)7(9)10;7-5-6-1-3-8-4-2-6/h3-13H,14H2,1-2H3,(H2,24,25,28);3-14H,1-2H3,(H,23,26);3-9H,16H2,1-2H3;3-5H,1-2H3;2-4H,1H3,(H,10,11);2-5H,1H3,(H,9,10);1-4,9-10H,8H2;1-4H,5,7H2. The smallest absolute Gasteiger partial charge is 0.423 e. The summed E-state index contributed by atoms with van der Waals surface area (Å²) in [6, 6.07) is 83.7. The maximum atomic E-state index is 12.1. The zero-order valence-electron chi connectivity index (χ0n) is 70.2. The summed E-state index contributed by atoms with van der Waals surface area (Å²) in [6.07, 6.45) is 8.19. The lowest BCUT2D eigenvalue weighted by molar-refractivity contribution is 0.215. The van der Waals surface area contributed by atoms with E-state index in [1.54, 1.807) is 61.2 Å². The van der Waals surface area contributed by atoms with Gasteiger partial charge in [-0.15, -0.1) is 0 Å². The average molecular weight is 1870 g/mol. The van der Waals surface area contributed by atoms with Gasteiger partial charge in [0.1, 0.15) is 30.2 Å². The quantitative estimate of drug-likeness (QED) is 0.0345. The molecule has 0 saturated carbocycles. The zero-order chi connectivity index (χ0) is 87.9. The molecular formula is C96H95BI2N20O5. The average Bonchev–Trinajstić information content (AvgIpc) is 1.65. The van der Waals surface area contributed by atoms with Gasteiger partial charge in [-0.25, -0.2) is 9.59 Å². The number of nitrogen functional groups attached to an aromatic ring is 2. The largest absolute Gasteiger partial charge is 0.488 e.